The molecule has 18 heavy (non-hydrogen) atoms. The zero-order valence-electron chi connectivity index (χ0n) is 10.7. The van der Waals surface area contributed by atoms with E-state index in [0.717, 1.165) is 18.7 Å². The highest BCUT2D eigenvalue weighted by atomic mass is 16.5. The van der Waals surface area contributed by atoms with Gasteiger partial charge in [-0.25, -0.2) is 0 Å². The van der Waals surface area contributed by atoms with Crippen molar-refractivity contribution in [1.29, 1.82) is 0 Å². The first-order chi connectivity index (χ1) is 8.66. The molecule has 0 spiro atoms. The number of nitrogens with two attached hydrogens (primary N) is 1. The predicted octanol–water partition coefficient (Wildman–Crippen LogP) is 1.26. The van der Waals surface area contributed by atoms with Crippen molar-refractivity contribution in [2.75, 3.05) is 19.7 Å². The van der Waals surface area contributed by atoms with Gasteiger partial charge in [0.15, 0.2) is 6.61 Å². The molecule has 2 N–H and O–H groups in total. The van der Waals surface area contributed by atoms with Gasteiger partial charge >= 0.3 is 0 Å². The second kappa shape index (κ2) is 5.87. The third kappa shape index (κ3) is 3.23. The fraction of sp³-hybridized carbons (Fsp3) is 0.500. The van der Waals surface area contributed by atoms with Gasteiger partial charge in [-0.3, -0.25) is 4.79 Å². The molecule has 0 aromatic heterocycles. The summed E-state index contributed by atoms with van der Waals surface area (Å²) in [6, 6.07) is 9.46. The Balaban J connectivity index is 1.82. The van der Waals surface area contributed by atoms with Crippen molar-refractivity contribution < 1.29 is 9.53 Å². The molecule has 98 valence electrons. The molecule has 1 aliphatic heterocycles. The van der Waals surface area contributed by atoms with E-state index >= 15 is 0 Å². The molecule has 4 heteroatoms. The third-order valence-corrected chi connectivity index (χ3v) is 3.47. The number of carbonyl (C=O) groups excluding carboxylic acids is 1. The topological polar surface area (TPSA) is 55.6 Å². The average molecular weight is 248 g/mol. The van der Waals surface area contributed by atoms with Gasteiger partial charge in [0.25, 0.3) is 5.91 Å². The van der Waals surface area contributed by atoms with E-state index in [0.29, 0.717) is 12.5 Å². The molecule has 2 rings (SSSR count). The quantitative estimate of drug-likeness (QED) is 0.876. The second-order valence-electron chi connectivity index (χ2n) is 4.87. The van der Waals surface area contributed by atoms with E-state index in [2.05, 4.69) is 6.92 Å². The first-order valence-electron chi connectivity index (χ1n) is 6.38. The molecule has 2 atom stereocenters. The summed E-state index contributed by atoms with van der Waals surface area (Å²) < 4.78 is 5.45. The van der Waals surface area contributed by atoms with Gasteiger partial charge in [0.2, 0.25) is 0 Å². The summed E-state index contributed by atoms with van der Waals surface area (Å²) in [5, 5.41) is 0. The van der Waals surface area contributed by atoms with Gasteiger partial charge in [0.1, 0.15) is 5.75 Å². The molecule has 0 aliphatic carbocycles. The lowest BCUT2D eigenvalue weighted by molar-refractivity contribution is -0.135. The number of carbonyl (C=O) groups is 1. The van der Waals surface area contributed by atoms with Crippen LogP contribution in [0, 0.1) is 5.92 Å². The van der Waals surface area contributed by atoms with Crippen LogP contribution in [0.3, 0.4) is 0 Å². The average Bonchev–Trinajstić information content (AvgIpc) is 2.40. The minimum Gasteiger partial charge on any atom is -0.484 e. The summed E-state index contributed by atoms with van der Waals surface area (Å²) in [6.45, 7) is 3.64. The molecule has 0 bridgehead atoms. The van der Waals surface area contributed by atoms with Crippen LogP contribution in [-0.4, -0.2) is 36.5 Å². The lowest BCUT2D eigenvalue weighted by Gasteiger charge is -2.34. The van der Waals surface area contributed by atoms with Crippen LogP contribution in [0.1, 0.15) is 13.3 Å². The minimum absolute atomic E-state index is 0.0150. The van der Waals surface area contributed by atoms with Crippen LogP contribution in [0.5, 0.6) is 5.75 Å². The maximum atomic E-state index is 12.0. The fourth-order valence-electron chi connectivity index (χ4n) is 2.08. The molecule has 1 amide bonds. The first-order valence-corrected chi connectivity index (χ1v) is 6.38. The van der Waals surface area contributed by atoms with E-state index in [4.69, 9.17) is 10.5 Å². The molecule has 1 aliphatic rings. The number of rotatable bonds is 3. The molecule has 1 aromatic carbocycles. The summed E-state index contributed by atoms with van der Waals surface area (Å²) in [4.78, 5) is 13.8. The van der Waals surface area contributed by atoms with Crippen molar-refractivity contribution in [2.24, 2.45) is 11.7 Å². The van der Waals surface area contributed by atoms with Gasteiger partial charge in [-0.05, 0) is 24.5 Å². The minimum atomic E-state index is 0.0150. The maximum Gasteiger partial charge on any atom is 0.260 e. The van der Waals surface area contributed by atoms with Crippen molar-refractivity contribution in [3.8, 4) is 5.75 Å². The highest BCUT2D eigenvalue weighted by Crippen LogP contribution is 2.16. The highest BCUT2D eigenvalue weighted by molar-refractivity contribution is 5.77. The van der Waals surface area contributed by atoms with E-state index in [-0.39, 0.29) is 18.6 Å². The summed E-state index contributed by atoms with van der Waals surface area (Å²) in [5.41, 5.74) is 5.98. The number of benzene rings is 1. The largest absolute Gasteiger partial charge is 0.484 e. The third-order valence-electron chi connectivity index (χ3n) is 3.47. The molecular formula is C14H20N2O2. The van der Waals surface area contributed by atoms with Crippen molar-refractivity contribution in [1.82, 2.24) is 4.90 Å². The van der Waals surface area contributed by atoms with E-state index in [9.17, 15) is 4.79 Å². The van der Waals surface area contributed by atoms with Crippen molar-refractivity contribution in [2.45, 2.75) is 19.4 Å². The number of nitrogens with zero attached hydrogens (tertiary/aromatic N) is 1. The van der Waals surface area contributed by atoms with Crippen LogP contribution in [0.25, 0.3) is 0 Å². The Labute approximate surface area is 108 Å². The number of hydrogen-bond acceptors (Lipinski definition) is 3. The maximum absolute atomic E-state index is 12.0. The van der Waals surface area contributed by atoms with Crippen LogP contribution >= 0.6 is 0 Å². The van der Waals surface area contributed by atoms with Gasteiger partial charge < -0.3 is 15.4 Å². The zero-order valence-corrected chi connectivity index (χ0v) is 10.7. The van der Waals surface area contributed by atoms with Gasteiger partial charge in [-0.1, -0.05) is 25.1 Å². The van der Waals surface area contributed by atoms with Crippen LogP contribution in [0.15, 0.2) is 30.3 Å². The number of likely N-dealkylation sites (tertiary alicyclic amines) is 1. The van der Waals surface area contributed by atoms with Crippen LogP contribution in [0.2, 0.25) is 0 Å². The lowest BCUT2D eigenvalue weighted by atomic mass is 9.94. The van der Waals surface area contributed by atoms with E-state index < -0.39 is 0 Å². The van der Waals surface area contributed by atoms with Crippen LogP contribution in [0.4, 0.5) is 0 Å². The van der Waals surface area contributed by atoms with E-state index in [1.807, 2.05) is 30.3 Å². The molecule has 0 radical (unpaired) electrons. The zero-order chi connectivity index (χ0) is 13.0. The Morgan fingerprint density at radius 2 is 2.17 bits per heavy atom. The second-order valence-corrected chi connectivity index (χ2v) is 4.87. The standard InChI is InChI=1S/C14H20N2O2/c1-11-7-8-16(9-13(11)15)14(17)10-18-12-5-3-2-4-6-12/h2-6,11,13H,7-10,15H2,1H3. The van der Waals surface area contributed by atoms with Gasteiger partial charge in [-0.15, -0.1) is 0 Å². The van der Waals surface area contributed by atoms with Gasteiger partial charge in [0.05, 0.1) is 0 Å². The smallest absolute Gasteiger partial charge is 0.260 e. The fourth-order valence-corrected chi connectivity index (χ4v) is 2.08. The Hall–Kier alpha value is -1.55. The number of para-hydroxylation sites is 1. The molecule has 1 heterocycles. The Morgan fingerprint density at radius 3 is 2.83 bits per heavy atom. The number of hydrogen-bond donors (Lipinski definition) is 1. The SMILES string of the molecule is CC1CCN(C(=O)COc2ccccc2)CC1N. The van der Waals surface area contributed by atoms with Crippen molar-refractivity contribution in [3.63, 3.8) is 0 Å². The monoisotopic (exact) mass is 248 g/mol. The Morgan fingerprint density at radius 1 is 1.44 bits per heavy atom. The Bertz CT molecular complexity index is 394. The van der Waals surface area contributed by atoms with E-state index in [1.54, 1.807) is 4.90 Å². The molecule has 1 aromatic rings. The summed E-state index contributed by atoms with van der Waals surface area (Å²) in [7, 11) is 0. The van der Waals surface area contributed by atoms with E-state index in [1.165, 1.54) is 0 Å². The summed E-state index contributed by atoms with van der Waals surface area (Å²) in [6.07, 6.45) is 0.970. The molecule has 1 fully saturated rings. The molecule has 0 saturated carbocycles. The highest BCUT2D eigenvalue weighted by Gasteiger charge is 2.26. The van der Waals surface area contributed by atoms with Crippen LogP contribution in [-0.2, 0) is 4.79 Å². The van der Waals surface area contributed by atoms with Crippen molar-refractivity contribution in [3.05, 3.63) is 30.3 Å². The number of piperidine rings is 1. The number of amides is 1. The van der Waals surface area contributed by atoms with Gasteiger partial charge in [-0.2, -0.15) is 0 Å². The molecular weight excluding hydrogens is 228 g/mol. The first kappa shape index (κ1) is 12.9. The predicted molar refractivity (Wildman–Crippen MR) is 70.3 cm³/mol. The summed E-state index contributed by atoms with van der Waals surface area (Å²) >= 11 is 0. The van der Waals surface area contributed by atoms with Crippen molar-refractivity contribution >= 4 is 5.91 Å². The Kier molecular flexibility index (Phi) is 4.20. The van der Waals surface area contributed by atoms with Crippen LogP contribution < -0.4 is 10.5 Å². The molecule has 4 nitrogen and oxygen atoms in total. The molecule has 2 unspecified atom stereocenters. The normalized spacial score (nSPS) is 23.8. The van der Waals surface area contributed by atoms with Gasteiger partial charge in [0, 0.05) is 19.1 Å². The molecule has 1 saturated heterocycles. The number of ether oxygens (including phenoxy) is 1. The lowest BCUT2D eigenvalue weighted by Crippen LogP contribution is -2.50. The summed E-state index contributed by atoms with van der Waals surface area (Å²) in [5.74, 6) is 1.23.